The van der Waals surface area contributed by atoms with E-state index < -0.39 is 47.2 Å². The molecule has 0 aliphatic heterocycles. The van der Waals surface area contributed by atoms with Gasteiger partial charge in [-0.1, -0.05) is 25.5 Å². The second kappa shape index (κ2) is 9.65. The van der Waals surface area contributed by atoms with Crippen LogP contribution < -0.4 is 0 Å². The second-order valence-corrected chi connectivity index (χ2v) is 10.8. The topological polar surface area (TPSA) is 125 Å². The predicted octanol–water partition coefficient (Wildman–Crippen LogP) is 3.92. The van der Waals surface area contributed by atoms with E-state index in [2.05, 4.69) is 6.92 Å². The summed E-state index contributed by atoms with van der Waals surface area (Å²) in [4.78, 5) is 50.0. The fourth-order valence-electron chi connectivity index (χ4n) is 7.69. The summed E-state index contributed by atoms with van der Waals surface area (Å²) < 4.78 is 20.7. The average Bonchev–Trinajstić information content (AvgIpc) is 3.10. The van der Waals surface area contributed by atoms with Crippen molar-refractivity contribution in [1.82, 2.24) is 0 Å². The number of hydrogen-bond donors (Lipinski definition) is 1. The van der Waals surface area contributed by atoms with Gasteiger partial charge in [-0.15, -0.1) is 0 Å². The Balaban J connectivity index is 1.68. The zero-order valence-electron chi connectivity index (χ0n) is 21.4. The number of ketones is 2. The third kappa shape index (κ3) is 4.05. The summed E-state index contributed by atoms with van der Waals surface area (Å²) in [6.07, 6.45) is 4.98. The summed E-state index contributed by atoms with van der Waals surface area (Å²) in [6, 6.07) is 0. The molecule has 1 N–H and O–H groups in total. The van der Waals surface area contributed by atoms with Crippen molar-refractivity contribution in [2.45, 2.75) is 71.5 Å². The van der Waals surface area contributed by atoms with Crippen molar-refractivity contribution in [1.29, 1.82) is 0 Å². The highest BCUT2D eigenvalue weighted by atomic mass is 16.7. The van der Waals surface area contributed by atoms with E-state index in [-0.39, 0.29) is 49.6 Å². The van der Waals surface area contributed by atoms with Crippen LogP contribution in [0, 0.1) is 28.6 Å². The molecule has 0 aromatic rings. The molecular formula is C27H36O9. The van der Waals surface area contributed by atoms with Gasteiger partial charge in [-0.2, -0.15) is 0 Å². The van der Waals surface area contributed by atoms with Crippen LogP contribution >= 0.6 is 0 Å². The molecule has 0 radical (unpaired) electrons. The number of aliphatic hydroxyl groups is 1. The van der Waals surface area contributed by atoms with Crippen molar-refractivity contribution in [3.05, 3.63) is 23.8 Å². The van der Waals surface area contributed by atoms with Crippen LogP contribution in [0.25, 0.3) is 0 Å². The molecule has 1 unspecified atom stereocenters. The van der Waals surface area contributed by atoms with Crippen LogP contribution in [-0.2, 0) is 28.5 Å². The van der Waals surface area contributed by atoms with Gasteiger partial charge in [0.1, 0.15) is 0 Å². The van der Waals surface area contributed by atoms with Crippen molar-refractivity contribution in [3.63, 3.8) is 0 Å². The Bertz CT molecular complexity index is 999. The van der Waals surface area contributed by atoms with E-state index in [4.69, 9.17) is 18.9 Å². The number of carbonyl (C=O) groups is 4. The molecule has 0 aromatic heterocycles. The molecule has 0 saturated heterocycles. The first-order chi connectivity index (χ1) is 17.0. The Morgan fingerprint density at radius 2 is 1.75 bits per heavy atom. The third-order valence-corrected chi connectivity index (χ3v) is 9.17. The minimum absolute atomic E-state index is 0.0312. The summed E-state index contributed by atoms with van der Waals surface area (Å²) in [5.41, 5.74) is -1.94. The molecule has 36 heavy (non-hydrogen) atoms. The van der Waals surface area contributed by atoms with E-state index in [9.17, 15) is 24.3 Å². The van der Waals surface area contributed by atoms with E-state index in [1.807, 2.05) is 13.0 Å². The van der Waals surface area contributed by atoms with E-state index in [0.717, 1.165) is 18.4 Å². The monoisotopic (exact) mass is 504 g/mol. The molecule has 0 amide bonds. The molecule has 9 heteroatoms. The normalized spacial score (nSPS) is 38.7. The van der Waals surface area contributed by atoms with Gasteiger partial charge in [0.2, 0.25) is 5.78 Å². The van der Waals surface area contributed by atoms with Crippen molar-refractivity contribution in [3.8, 4) is 0 Å². The maximum absolute atomic E-state index is 13.7. The van der Waals surface area contributed by atoms with Gasteiger partial charge in [-0.05, 0) is 69.9 Å². The molecule has 198 valence electrons. The Morgan fingerprint density at radius 1 is 1.06 bits per heavy atom. The summed E-state index contributed by atoms with van der Waals surface area (Å²) in [5.74, 6) is -0.707. The summed E-state index contributed by atoms with van der Waals surface area (Å²) in [6.45, 7) is 6.79. The molecule has 0 aromatic carbocycles. The molecule has 7 atom stereocenters. The standard InChI is InChI=1S/C27H36O9/c1-5-33-23(31)35-15-21(30)27(36-24(32)34-6-2)12-10-19-18-8-7-16-13-17(28)9-11-25(16,3)22(18)20(29)14-26(19,27)4/h9,11,13,18-20,22,29H,5-8,10,12,14-15H2,1-4H3/t18-,19-,20?,22+,25-,26-,27-/m0/s1. The lowest BCUT2D eigenvalue weighted by molar-refractivity contribution is -0.183. The Hall–Kier alpha value is -2.68. The van der Waals surface area contributed by atoms with Crippen LogP contribution in [0.1, 0.15) is 59.8 Å². The summed E-state index contributed by atoms with van der Waals surface area (Å²) in [7, 11) is 0. The first kappa shape index (κ1) is 26.4. The third-order valence-electron chi connectivity index (χ3n) is 9.17. The van der Waals surface area contributed by atoms with Crippen LogP contribution in [0.2, 0.25) is 0 Å². The molecule has 9 nitrogen and oxygen atoms in total. The van der Waals surface area contributed by atoms with E-state index in [1.165, 1.54) is 0 Å². The molecule has 0 bridgehead atoms. The maximum Gasteiger partial charge on any atom is 0.509 e. The molecule has 3 fully saturated rings. The number of allylic oxidation sites excluding steroid dienone is 4. The number of fused-ring (bicyclic) bond motifs is 5. The highest BCUT2D eigenvalue weighted by Gasteiger charge is 2.70. The Labute approximate surface area is 211 Å². The minimum Gasteiger partial charge on any atom is -0.435 e. The second-order valence-electron chi connectivity index (χ2n) is 10.8. The number of rotatable bonds is 6. The van der Waals surface area contributed by atoms with Crippen LogP contribution in [0.3, 0.4) is 0 Å². The van der Waals surface area contributed by atoms with Crippen molar-refractivity contribution in [2.75, 3.05) is 19.8 Å². The Morgan fingerprint density at radius 3 is 2.44 bits per heavy atom. The number of aliphatic hydroxyl groups excluding tert-OH is 1. The number of carbonyl (C=O) groups excluding carboxylic acids is 4. The average molecular weight is 505 g/mol. The number of Topliss-reactive ketones (excluding diaryl/α,β-unsaturated/α-hetero) is 1. The van der Waals surface area contributed by atoms with E-state index in [0.29, 0.717) is 6.42 Å². The van der Waals surface area contributed by atoms with E-state index in [1.54, 1.807) is 26.0 Å². The molecular weight excluding hydrogens is 468 g/mol. The highest BCUT2D eigenvalue weighted by Crippen LogP contribution is 2.67. The zero-order valence-corrected chi connectivity index (χ0v) is 21.4. The van der Waals surface area contributed by atoms with Crippen LogP contribution in [0.4, 0.5) is 9.59 Å². The lowest BCUT2D eigenvalue weighted by Gasteiger charge is -2.59. The van der Waals surface area contributed by atoms with Crippen LogP contribution in [-0.4, -0.2) is 60.5 Å². The minimum atomic E-state index is -1.61. The summed E-state index contributed by atoms with van der Waals surface area (Å²) in [5, 5.41) is 11.6. The lowest BCUT2D eigenvalue weighted by Crippen LogP contribution is -2.63. The lowest BCUT2D eigenvalue weighted by atomic mass is 9.46. The zero-order chi connectivity index (χ0) is 26.3. The van der Waals surface area contributed by atoms with E-state index >= 15 is 0 Å². The molecule has 3 saturated carbocycles. The Kier molecular flexibility index (Phi) is 7.07. The maximum atomic E-state index is 13.7. The fourth-order valence-corrected chi connectivity index (χ4v) is 7.69. The summed E-state index contributed by atoms with van der Waals surface area (Å²) >= 11 is 0. The SMILES string of the molecule is CCOC(=O)OCC(=O)[C@@]1(OC(=O)OCC)CC[C@H]2[C@@H]3CCC4=CC(=O)C=C[C@]4(C)[C@H]3C(O)C[C@@]21C. The van der Waals surface area contributed by atoms with Crippen molar-refractivity contribution >= 4 is 23.9 Å². The van der Waals surface area contributed by atoms with Crippen LogP contribution in [0.15, 0.2) is 23.8 Å². The smallest absolute Gasteiger partial charge is 0.435 e. The quantitative estimate of drug-likeness (QED) is 0.536. The van der Waals surface area contributed by atoms with Crippen molar-refractivity contribution in [2.24, 2.45) is 28.6 Å². The number of hydrogen-bond acceptors (Lipinski definition) is 9. The molecule has 0 spiro atoms. The van der Waals surface area contributed by atoms with Gasteiger partial charge in [0, 0.05) is 16.7 Å². The fraction of sp³-hybridized carbons (Fsp3) is 0.704. The van der Waals surface area contributed by atoms with Gasteiger partial charge < -0.3 is 24.1 Å². The van der Waals surface area contributed by atoms with Gasteiger partial charge in [0.15, 0.2) is 18.0 Å². The predicted molar refractivity (Wildman–Crippen MR) is 127 cm³/mol. The molecule has 4 aliphatic carbocycles. The van der Waals surface area contributed by atoms with Gasteiger partial charge in [-0.3, -0.25) is 9.59 Å². The number of ether oxygens (including phenoxy) is 4. The van der Waals surface area contributed by atoms with Gasteiger partial charge >= 0.3 is 12.3 Å². The first-order valence-corrected chi connectivity index (χ1v) is 12.8. The molecule has 4 rings (SSSR count). The van der Waals surface area contributed by atoms with Crippen molar-refractivity contribution < 1.29 is 43.2 Å². The first-order valence-electron chi connectivity index (χ1n) is 12.8. The van der Waals surface area contributed by atoms with Gasteiger partial charge in [0.25, 0.3) is 0 Å². The largest absolute Gasteiger partial charge is 0.509 e. The highest BCUT2D eigenvalue weighted by molar-refractivity contribution is 6.01. The van der Waals surface area contributed by atoms with Gasteiger partial charge in [-0.25, -0.2) is 9.59 Å². The molecule has 4 aliphatic rings. The van der Waals surface area contributed by atoms with Crippen LogP contribution in [0.5, 0.6) is 0 Å². The van der Waals surface area contributed by atoms with Gasteiger partial charge in [0.05, 0.1) is 19.3 Å². The molecule has 0 heterocycles.